The third-order valence-electron chi connectivity index (χ3n) is 0.748. The van der Waals surface area contributed by atoms with Gasteiger partial charge in [-0.3, -0.25) is 0 Å². The minimum atomic E-state index is -0.273. The topological polar surface area (TPSA) is 34.1 Å². The molecule has 0 N–H and O–H groups in total. The Labute approximate surface area is 63.9 Å². The van der Waals surface area contributed by atoms with Crippen LogP contribution >= 0.6 is 0 Å². The Morgan fingerprint density at radius 1 is 1.11 bits per heavy atom. The Morgan fingerprint density at radius 3 is 1.67 bits per heavy atom. The SMILES string of the molecule is CC(=O)[CH2][Ti][CH2]C(C)=O. The van der Waals surface area contributed by atoms with Gasteiger partial charge in [-0.25, -0.2) is 0 Å². The first-order chi connectivity index (χ1) is 4.13. The molecule has 0 saturated carbocycles. The fourth-order valence-electron chi connectivity index (χ4n) is 0.415. The summed E-state index contributed by atoms with van der Waals surface area (Å²) in [4.78, 5) is 20.7. The van der Waals surface area contributed by atoms with Gasteiger partial charge in [0.05, 0.1) is 0 Å². The zero-order valence-electron chi connectivity index (χ0n) is 5.73. The van der Waals surface area contributed by atoms with Crippen LogP contribution in [-0.4, -0.2) is 11.6 Å². The third kappa shape index (κ3) is 8.05. The fourth-order valence-corrected chi connectivity index (χ4v) is 1.71. The second kappa shape index (κ2) is 4.89. The van der Waals surface area contributed by atoms with Gasteiger partial charge in [0, 0.05) is 0 Å². The van der Waals surface area contributed by atoms with E-state index in [9.17, 15) is 9.59 Å². The van der Waals surface area contributed by atoms with Crippen LogP contribution < -0.4 is 0 Å². The molecule has 0 aliphatic heterocycles. The number of ketones is 2. The molecular weight excluding hydrogens is 152 g/mol. The molecule has 0 bridgehead atoms. The molecule has 0 spiro atoms. The summed E-state index contributed by atoms with van der Waals surface area (Å²) in [6, 6.07) is 0. The summed E-state index contributed by atoms with van der Waals surface area (Å²) in [5, 5.41) is 0. The van der Waals surface area contributed by atoms with E-state index in [-0.39, 0.29) is 30.7 Å². The second-order valence-electron chi connectivity index (χ2n) is 2.01. The Hall–Kier alpha value is 0.0543. The fraction of sp³-hybridized carbons (Fsp3) is 0.667. The summed E-state index contributed by atoms with van der Waals surface area (Å²) in [6.07, 6.45) is 0. The Morgan fingerprint density at radius 2 is 1.44 bits per heavy atom. The van der Waals surface area contributed by atoms with Crippen LogP contribution in [0.3, 0.4) is 0 Å². The monoisotopic (exact) mass is 162 g/mol. The van der Waals surface area contributed by atoms with Crippen LogP contribution in [0, 0.1) is 0 Å². The molecule has 0 rings (SSSR count). The molecule has 0 radical (unpaired) electrons. The van der Waals surface area contributed by atoms with Crippen LogP contribution in [0.1, 0.15) is 13.8 Å². The average molecular weight is 162 g/mol. The maximum absolute atomic E-state index is 10.3. The summed E-state index contributed by atoms with van der Waals surface area (Å²) in [5.41, 5.74) is 0. The number of rotatable bonds is 4. The summed E-state index contributed by atoms with van der Waals surface area (Å²) in [6.45, 7) is 3.15. The molecule has 0 unspecified atom stereocenters. The zero-order valence-corrected chi connectivity index (χ0v) is 7.29. The normalized spacial score (nSPS) is 8.67. The molecule has 0 aromatic heterocycles. The predicted molar refractivity (Wildman–Crippen MR) is 31.0 cm³/mol. The van der Waals surface area contributed by atoms with Gasteiger partial charge in [-0.2, -0.15) is 0 Å². The molecular formula is C6H10O2Ti. The van der Waals surface area contributed by atoms with Gasteiger partial charge in [0.15, 0.2) is 0 Å². The molecule has 2 nitrogen and oxygen atoms in total. The molecule has 0 atom stereocenters. The van der Waals surface area contributed by atoms with Crippen molar-refractivity contribution in [2.45, 2.75) is 23.3 Å². The standard InChI is InChI=1S/2C3H5O.Ti/c2*1-3(2)4;/h2*1H2,2H3;. The molecule has 0 aromatic carbocycles. The molecule has 0 fully saturated rings. The van der Waals surface area contributed by atoms with Crippen molar-refractivity contribution in [1.82, 2.24) is 0 Å². The number of Topliss-reactive ketones (excluding diaryl/α,β-unsaturated/α-hetero) is 2. The van der Waals surface area contributed by atoms with E-state index in [1.807, 2.05) is 0 Å². The summed E-state index contributed by atoms with van der Waals surface area (Å²) < 4.78 is 1.33. The van der Waals surface area contributed by atoms with Crippen molar-refractivity contribution in [3.8, 4) is 0 Å². The van der Waals surface area contributed by atoms with Crippen LogP contribution in [-0.2, 0) is 28.7 Å². The summed E-state index contributed by atoms with van der Waals surface area (Å²) in [5.74, 6) is 0.438. The van der Waals surface area contributed by atoms with Crippen LogP contribution in [0.15, 0.2) is 0 Å². The quantitative estimate of drug-likeness (QED) is 0.579. The van der Waals surface area contributed by atoms with Gasteiger partial charge in [-0.1, -0.05) is 0 Å². The molecule has 0 aliphatic rings. The van der Waals surface area contributed by atoms with Crippen LogP contribution in [0.2, 0.25) is 9.45 Å². The van der Waals surface area contributed by atoms with Crippen LogP contribution in [0.25, 0.3) is 0 Å². The van der Waals surface area contributed by atoms with Gasteiger partial charge < -0.3 is 0 Å². The van der Waals surface area contributed by atoms with E-state index >= 15 is 0 Å². The number of carbonyl (C=O) groups is 2. The molecule has 0 aromatic rings. The number of carbonyl (C=O) groups excluding carboxylic acids is 2. The first kappa shape index (κ1) is 9.05. The van der Waals surface area contributed by atoms with E-state index in [1.54, 1.807) is 13.8 Å². The van der Waals surface area contributed by atoms with Gasteiger partial charge in [0.1, 0.15) is 0 Å². The van der Waals surface area contributed by atoms with E-state index in [1.165, 1.54) is 0 Å². The van der Waals surface area contributed by atoms with Gasteiger partial charge >= 0.3 is 63.6 Å². The third-order valence-corrected chi connectivity index (χ3v) is 3.08. The van der Waals surface area contributed by atoms with Gasteiger partial charge in [-0.05, 0) is 0 Å². The van der Waals surface area contributed by atoms with Gasteiger partial charge in [-0.15, -0.1) is 0 Å². The van der Waals surface area contributed by atoms with Crippen molar-refractivity contribution >= 4 is 11.6 Å². The van der Waals surface area contributed by atoms with Gasteiger partial charge in [0.2, 0.25) is 0 Å². The maximum atomic E-state index is 10.3. The molecule has 0 saturated heterocycles. The minimum absolute atomic E-state index is 0.219. The van der Waals surface area contributed by atoms with E-state index in [2.05, 4.69) is 0 Å². The van der Waals surface area contributed by atoms with Crippen molar-refractivity contribution in [3.63, 3.8) is 0 Å². The Bertz CT molecular complexity index is 106. The van der Waals surface area contributed by atoms with E-state index in [0.717, 1.165) is 0 Å². The summed E-state index contributed by atoms with van der Waals surface area (Å²) in [7, 11) is 0. The van der Waals surface area contributed by atoms with Crippen molar-refractivity contribution in [2.24, 2.45) is 0 Å². The first-order valence-corrected chi connectivity index (χ1v) is 5.03. The Kier molecular flexibility index (Phi) is 4.92. The zero-order chi connectivity index (χ0) is 7.28. The van der Waals surface area contributed by atoms with Crippen LogP contribution in [0.4, 0.5) is 0 Å². The molecule has 0 amide bonds. The summed E-state index contributed by atoms with van der Waals surface area (Å²) >= 11 is -0.273. The van der Waals surface area contributed by atoms with Crippen molar-refractivity contribution in [3.05, 3.63) is 0 Å². The predicted octanol–water partition coefficient (Wildman–Crippen LogP) is 1.08. The molecule has 0 heterocycles. The average Bonchev–Trinajstić information content (AvgIpc) is 1.63. The number of hydrogen-bond donors (Lipinski definition) is 0. The van der Waals surface area contributed by atoms with Crippen molar-refractivity contribution < 1.29 is 28.7 Å². The molecule has 9 heavy (non-hydrogen) atoms. The molecule has 50 valence electrons. The first-order valence-electron chi connectivity index (χ1n) is 2.82. The molecule has 3 heteroatoms. The second-order valence-corrected chi connectivity index (χ2v) is 3.89. The van der Waals surface area contributed by atoms with Crippen LogP contribution in [0.5, 0.6) is 0 Å². The Balaban J connectivity index is 3.10. The van der Waals surface area contributed by atoms with Gasteiger partial charge in [0.25, 0.3) is 0 Å². The van der Waals surface area contributed by atoms with Crippen molar-refractivity contribution in [2.75, 3.05) is 0 Å². The van der Waals surface area contributed by atoms with E-state index < -0.39 is 0 Å². The van der Waals surface area contributed by atoms with E-state index in [4.69, 9.17) is 0 Å². The molecule has 0 aliphatic carbocycles. The number of hydrogen-bond acceptors (Lipinski definition) is 2. The van der Waals surface area contributed by atoms with Crippen molar-refractivity contribution in [1.29, 1.82) is 0 Å². The van der Waals surface area contributed by atoms with E-state index in [0.29, 0.717) is 9.45 Å².